The van der Waals surface area contributed by atoms with Crippen LogP contribution in [0.3, 0.4) is 0 Å². The van der Waals surface area contributed by atoms with Gasteiger partial charge in [0.1, 0.15) is 12.1 Å². The van der Waals surface area contributed by atoms with Crippen molar-refractivity contribution in [3.05, 3.63) is 24.3 Å². The molecule has 0 aliphatic rings. The van der Waals surface area contributed by atoms with Gasteiger partial charge in [-0.25, -0.2) is 0 Å². The molecule has 0 aromatic heterocycles. The Morgan fingerprint density at radius 1 is 1.11 bits per heavy atom. The molecule has 0 amide bonds. The maximum atomic E-state index is 10.1. The van der Waals surface area contributed by atoms with Gasteiger partial charge in [0.05, 0.1) is 0 Å². The maximum Gasteiger partial charge on any atom is 0.324 e. The van der Waals surface area contributed by atoms with E-state index in [0.29, 0.717) is 13.0 Å². The maximum absolute atomic E-state index is 10.1. The lowest BCUT2D eigenvalue weighted by Crippen LogP contribution is -2.27. The fraction of sp³-hybridized carbons (Fsp3) is 0.455. The average molecular weight is 260 g/mol. The molecular weight excluding hydrogens is 239 g/mol. The number of aliphatic carboxylic acids is 2. The standard InChI is InChI=1S/C6H12N2O2.C5H9NO2/c7-4-2-1-3-5(8)6(9)10;1-2-3-4(6)5(7)8/h1,3,5H,2,4,7-8H2,(H,9,10);2-4H,6H2,1H3,(H,7,8)/b3-1+;3-2+/i6+1;. The molecule has 0 saturated carbocycles. The molecule has 0 spiro atoms. The van der Waals surface area contributed by atoms with Crippen LogP contribution in [-0.4, -0.2) is 40.8 Å². The van der Waals surface area contributed by atoms with Crippen LogP contribution in [0.1, 0.15) is 13.3 Å². The zero-order valence-corrected chi connectivity index (χ0v) is 10.3. The molecule has 18 heavy (non-hydrogen) atoms. The smallest absolute Gasteiger partial charge is 0.324 e. The molecule has 2 unspecified atom stereocenters. The fourth-order valence-corrected chi connectivity index (χ4v) is 0.711. The molecule has 0 aliphatic heterocycles. The first-order valence-electron chi connectivity index (χ1n) is 5.33. The predicted octanol–water partition coefficient (Wildman–Crippen LogP) is -0.722. The van der Waals surface area contributed by atoms with E-state index < -0.39 is 24.0 Å². The number of carboxylic acid groups (broad SMARTS) is 2. The topological polar surface area (TPSA) is 153 Å². The molecule has 0 saturated heterocycles. The lowest BCUT2D eigenvalue weighted by Gasteiger charge is -1.96. The van der Waals surface area contributed by atoms with Gasteiger partial charge in [-0.3, -0.25) is 9.59 Å². The van der Waals surface area contributed by atoms with Crippen molar-refractivity contribution in [1.29, 1.82) is 0 Å². The van der Waals surface area contributed by atoms with E-state index in [0.717, 1.165) is 0 Å². The number of hydrogen-bond acceptors (Lipinski definition) is 5. The van der Waals surface area contributed by atoms with Crippen molar-refractivity contribution in [2.45, 2.75) is 25.4 Å². The third kappa shape index (κ3) is 12.4. The first kappa shape index (κ1) is 18.7. The molecule has 0 rings (SSSR count). The number of rotatable bonds is 6. The van der Waals surface area contributed by atoms with Crippen LogP contribution in [0.15, 0.2) is 24.3 Å². The summed E-state index contributed by atoms with van der Waals surface area (Å²) in [5.41, 5.74) is 15.3. The van der Waals surface area contributed by atoms with E-state index in [1.807, 2.05) is 0 Å². The molecular formula is C11H21N3O4. The minimum atomic E-state index is -1.02. The van der Waals surface area contributed by atoms with Crippen LogP contribution in [0.4, 0.5) is 0 Å². The van der Waals surface area contributed by atoms with Crippen LogP contribution in [0, 0.1) is 0 Å². The second-order valence-electron chi connectivity index (χ2n) is 3.26. The number of nitrogens with two attached hydrogens (primary N) is 3. The van der Waals surface area contributed by atoms with Crippen LogP contribution in [0.25, 0.3) is 0 Å². The summed E-state index contributed by atoms with van der Waals surface area (Å²) in [6, 6.07) is -1.74. The van der Waals surface area contributed by atoms with E-state index in [1.165, 1.54) is 12.2 Å². The van der Waals surface area contributed by atoms with Gasteiger partial charge in [-0.05, 0) is 19.9 Å². The largest absolute Gasteiger partial charge is 0.480 e. The summed E-state index contributed by atoms with van der Waals surface area (Å²) in [4.78, 5) is 20.0. The van der Waals surface area contributed by atoms with Gasteiger partial charge in [0.2, 0.25) is 0 Å². The van der Waals surface area contributed by atoms with Crippen molar-refractivity contribution in [2.24, 2.45) is 17.2 Å². The Morgan fingerprint density at radius 2 is 1.56 bits per heavy atom. The van der Waals surface area contributed by atoms with Crippen LogP contribution in [-0.2, 0) is 9.59 Å². The Kier molecular flexibility index (Phi) is 12.2. The SMILES string of the molecule is C/C=C/C(N)C(=O)O.NCC/C=C/C(N)[13C](=O)O. The van der Waals surface area contributed by atoms with Gasteiger partial charge in [0, 0.05) is 0 Å². The lowest BCUT2D eigenvalue weighted by molar-refractivity contribution is -0.138. The number of carboxylic acids is 2. The molecule has 0 bridgehead atoms. The van der Waals surface area contributed by atoms with E-state index in [4.69, 9.17) is 27.4 Å². The average Bonchev–Trinajstić information content (AvgIpc) is 2.30. The minimum absolute atomic E-state index is 0.517. The molecule has 0 aliphatic carbocycles. The lowest BCUT2D eigenvalue weighted by atomic mass is 10.3. The van der Waals surface area contributed by atoms with Crippen molar-refractivity contribution >= 4 is 11.9 Å². The molecule has 2 atom stereocenters. The van der Waals surface area contributed by atoms with Crippen LogP contribution in [0.5, 0.6) is 0 Å². The summed E-state index contributed by atoms with van der Waals surface area (Å²) in [5.74, 6) is -2.02. The molecule has 0 fully saturated rings. The van der Waals surface area contributed by atoms with Crippen molar-refractivity contribution in [3.63, 3.8) is 0 Å². The van der Waals surface area contributed by atoms with E-state index in [1.54, 1.807) is 19.1 Å². The van der Waals surface area contributed by atoms with Crippen LogP contribution >= 0.6 is 0 Å². The summed E-state index contributed by atoms with van der Waals surface area (Å²) in [6.45, 7) is 2.24. The first-order valence-corrected chi connectivity index (χ1v) is 5.33. The molecule has 7 heteroatoms. The van der Waals surface area contributed by atoms with E-state index in [2.05, 4.69) is 0 Å². The van der Waals surface area contributed by atoms with Gasteiger partial charge in [-0.1, -0.05) is 24.3 Å². The number of carbonyl (C=O) groups is 2. The Balaban J connectivity index is 0. The highest BCUT2D eigenvalue weighted by Gasteiger charge is 2.04. The summed E-state index contributed by atoms with van der Waals surface area (Å²) in [5, 5.41) is 16.4. The van der Waals surface area contributed by atoms with E-state index in [-0.39, 0.29) is 0 Å². The highest BCUT2D eigenvalue weighted by molar-refractivity contribution is 5.75. The second-order valence-corrected chi connectivity index (χ2v) is 3.26. The molecule has 0 aromatic carbocycles. The summed E-state index contributed by atoms with van der Waals surface area (Å²) in [7, 11) is 0. The summed E-state index contributed by atoms with van der Waals surface area (Å²) < 4.78 is 0. The third-order valence-corrected chi connectivity index (χ3v) is 1.65. The van der Waals surface area contributed by atoms with Crippen LogP contribution in [0.2, 0.25) is 0 Å². The van der Waals surface area contributed by atoms with E-state index >= 15 is 0 Å². The quantitative estimate of drug-likeness (QED) is 0.312. The highest BCUT2D eigenvalue weighted by Crippen LogP contribution is 1.84. The van der Waals surface area contributed by atoms with Gasteiger partial charge in [0.15, 0.2) is 0 Å². The van der Waals surface area contributed by atoms with Crippen molar-refractivity contribution in [2.75, 3.05) is 6.54 Å². The Morgan fingerprint density at radius 3 is 1.83 bits per heavy atom. The zero-order valence-electron chi connectivity index (χ0n) is 10.3. The van der Waals surface area contributed by atoms with Gasteiger partial charge >= 0.3 is 11.9 Å². The monoisotopic (exact) mass is 260 g/mol. The minimum Gasteiger partial charge on any atom is -0.480 e. The fourth-order valence-electron chi connectivity index (χ4n) is 0.711. The summed E-state index contributed by atoms with van der Waals surface area (Å²) in [6.07, 6.45) is 6.79. The predicted molar refractivity (Wildman–Crippen MR) is 68.8 cm³/mol. The Bertz CT molecular complexity index is 303. The zero-order chi connectivity index (χ0) is 14.6. The Labute approximate surface area is 106 Å². The van der Waals surface area contributed by atoms with Crippen molar-refractivity contribution in [3.8, 4) is 0 Å². The second kappa shape index (κ2) is 11.8. The first-order chi connectivity index (χ1) is 8.36. The summed E-state index contributed by atoms with van der Waals surface area (Å²) >= 11 is 0. The van der Waals surface area contributed by atoms with Gasteiger partial charge in [0.25, 0.3) is 0 Å². The molecule has 7 nitrogen and oxygen atoms in total. The molecule has 0 heterocycles. The molecule has 8 N–H and O–H groups in total. The van der Waals surface area contributed by atoms with Gasteiger partial charge in [-0.2, -0.15) is 0 Å². The molecule has 0 aromatic rings. The van der Waals surface area contributed by atoms with Gasteiger partial charge < -0.3 is 27.4 Å². The van der Waals surface area contributed by atoms with Gasteiger partial charge in [-0.15, -0.1) is 0 Å². The van der Waals surface area contributed by atoms with Crippen molar-refractivity contribution < 1.29 is 19.8 Å². The third-order valence-electron chi connectivity index (χ3n) is 1.65. The molecule has 104 valence electrons. The van der Waals surface area contributed by atoms with Crippen molar-refractivity contribution in [1.82, 2.24) is 0 Å². The molecule has 0 radical (unpaired) electrons. The Hall–Kier alpha value is -1.70. The highest BCUT2D eigenvalue weighted by atomic mass is 16.5. The van der Waals surface area contributed by atoms with E-state index in [9.17, 15) is 9.59 Å². The number of hydrogen-bond donors (Lipinski definition) is 5. The normalized spacial score (nSPS) is 14.0. The van der Waals surface area contributed by atoms with Crippen LogP contribution < -0.4 is 17.2 Å². The number of allylic oxidation sites excluding steroid dienone is 1.